The predicted molar refractivity (Wildman–Crippen MR) is 81.4 cm³/mol. The highest BCUT2D eigenvalue weighted by Crippen LogP contribution is 2.28. The molecule has 2 rings (SSSR count). The van der Waals surface area contributed by atoms with Crippen LogP contribution in [-0.4, -0.2) is 32.4 Å². The van der Waals surface area contributed by atoms with Gasteiger partial charge in [-0.15, -0.1) is 12.3 Å². The highest BCUT2D eigenvalue weighted by molar-refractivity contribution is 6.04. The second-order valence-electron chi connectivity index (χ2n) is 4.85. The van der Waals surface area contributed by atoms with E-state index in [1.165, 1.54) is 6.20 Å². The van der Waals surface area contributed by atoms with E-state index in [0.29, 0.717) is 17.9 Å². The van der Waals surface area contributed by atoms with Crippen molar-refractivity contribution in [2.75, 3.05) is 11.9 Å². The number of aryl methyl sites for hydroxylation is 2. The smallest absolute Gasteiger partial charge is 0.339 e. The van der Waals surface area contributed by atoms with Crippen LogP contribution in [0.1, 0.15) is 35.3 Å². The first-order valence-electron chi connectivity index (χ1n) is 6.79. The monoisotopic (exact) mass is 286 g/mol. The van der Waals surface area contributed by atoms with E-state index in [4.69, 9.17) is 6.42 Å². The fraction of sp³-hybridized carbons (Fsp3) is 0.400. The first kappa shape index (κ1) is 14.9. The van der Waals surface area contributed by atoms with Gasteiger partial charge in [-0.25, -0.2) is 9.78 Å². The van der Waals surface area contributed by atoms with Crippen LogP contribution in [0.3, 0.4) is 0 Å². The van der Waals surface area contributed by atoms with Gasteiger partial charge in [-0.3, -0.25) is 4.68 Å². The predicted octanol–water partition coefficient (Wildman–Crippen LogP) is 2.19. The van der Waals surface area contributed by atoms with Crippen LogP contribution in [0, 0.1) is 19.3 Å². The number of carbonyl (C=O) groups is 1. The summed E-state index contributed by atoms with van der Waals surface area (Å²) in [4.78, 5) is 15.6. The molecule has 0 amide bonds. The number of aromatic carboxylic acids is 1. The number of carboxylic acid groups (broad SMARTS) is 1. The molecule has 2 heterocycles. The standard InChI is InChI=1S/C15H18N4O2/c1-4-5-6-7-8-16-13-11(15(20)21)9-17-14-12(13)10(2)18-19(14)3/h1,9H,5-8H2,2-3H3,(H,16,17)(H,20,21). The van der Waals surface area contributed by atoms with Crippen molar-refractivity contribution in [1.82, 2.24) is 14.8 Å². The van der Waals surface area contributed by atoms with Crippen molar-refractivity contribution in [3.05, 3.63) is 17.5 Å². The molecular weight excluding hydrogens is 268 g/mol. The fourth-order valence-electron chi connectivity index (χ4n) is 2.32. The maximum atomic E-state index is 11.4. The maximum Gasteiger partial charge on any atom is 0.339 e. The summed E-state index contributed by atoms with van der Waals surface area (Å²) in [5, 5.41) is 17.6. The van der Waals surface area contributed by atoms with Gasteiger partial charge in [0, 0.05) is 26.2 Å². The number of pyridine rings is 1. The molecular formula is C15H18N4O2. The van der Waals surface area contributed by atoms with E-state index in [1.54, 1.807) is 11.7 Å². The second-order valence-corrected chi connectivity index (χ2v) is 4.85. The van der Waals surface area contributed by atoms with Gasteiger partial charge in [0.2, 0.25) is 0 Å². The molecule has 0 radical (unpaired) electrons. The van der Waals surface area contributed by atoms with Gasteiger partial charge in [0.15, 0.2) is 5.65 Å². The number of terminal acetylenes is 1. The summed E-state index contributed by atoms with van der Waals surface area (Å²) in [7, 11) is 1.79. The van der Waals surface area contributed by atoms with Crippen LogP contribution in [-0.2, 0) is 7.05 Å². The van der Waals surface area contributed by atoms with E-state index >= 15 is 0 Å². The Balaban J connectivity index is 2.36. The van der Waals surface area contributed by atoms with Gasteiger partial charge < -0.3 is 10.4 Å². The van der Waals surface area contributed by atoms with Gasteiger partial charge in [0.05, 0.1) is 16.8 Å². The van der Waals surface area contributed by atoms with Gasteiger partial charge in [-0.1, -0.05) is 0 Å². The third-order valence-corrected chi connectivity index (χ3v) is 3.31. The van der Waals surface area contributed by atoms with Crippen LogP contribution >= 0.6 is 0 Å². The third kappa shape index (κ3) is 2.97. The summed E-state index contributed by atoms with van der Waals surface area (Å²) < 4.78 is 1.65. The van der Waals surface area contributed by atoms with Crippen LogP contribution < -0.4 is 5.32 Å². The zero-order valence-electron chi connectivity index (χ0n) is 12.2. The molecule has 0 atom stereocenters. The van der Waals surface area contributed by atoms with Crippen LogP contribution in [0.2, 0.25) is 0 Å². The van der Waals surface area contributed by atoms with E-state index in [2.05, 4.69) is 21.3 Å². The van der Waals surface area contributed by atoms with Crippen molar-refractivity contribution in [1.29, 1.82) is 0 Å². The highest BCUT2D eigenvalue weighted by atomic mass is 16.4. The second kappa shape index (κ2) is 6.27. The van der Waals surface area contributed by atoms with Gasteiger partial charge in [-0.05, 0) is 19.8 Å². The third-order valence-electron chi connectivity index (χ3n) is 3.31. The Morgan fingerprint density at radius 3 is 2.95 bits per heavy atom. The zero-order chi connectivity index (χ0) is 15.4. The lowest BCUT2D eigenvalue weighted by molar-refractivity contribution is 0.0697. The summed E-state index contributed by atoms with van der Waals surface area (Å²) in [6, 6.07) is 0. The largest absolute Gasteiger partial charge is 0.478 e. The van der Waals surface area contributed by atoms with Gasteiger partial charge in [0.1, 0.15) is 5.56 Å². The average molecular weight is 286 g/mol. The van der Waals surface area contributed by atoms with Crippen molar-refractivity contribution in [2.24, 2.45) is 7.05 Å². The number of nitrogens with one attached hydrogen (secondary N) is 1. The molecule has 2 aromatic heterocycles. The minimum atomic E-state index is -1.00. The van der Waals surface area contributed by atoms with E-state index in [-0.39, 0.29) is 5.56 Å². The van der Waals surface area contributed by atoms with E-state index in [9.17, 15) is 9.90 Å². The van der Waals surface area contributed by atoms with Gasteiger partial charge >= 0.3 is 5.97 Å². The van der Waals surface area contributed by atoms with Crippen molar-refractivity contribution < 1.29 is 9.90 Å². The first-order chi connectivity index (χ1) is 10.1. The molecule has 2 N–H and O–H groups in total. The number of aromatic nitrogens is 3. The van der Waals surface area contributed by atoms with Crippen LogP contribution in [0.15, 0.2) is 6.20 Å². The summed E-state index contributed by atoms with van der Waals surface area (Å²) in [5.74, 6) is 1.59. The lowest BCUT2D eigenvalue weighted by atomic mass is 10.1. The summed E-state index contributed by atoms with van der Waals surface area (Å²) in [5.41, 5.74) is 2.17. The molecule has 0 saturated heterocycles. The van der Waals surface area contributed by atoms with Crippen molar-refractivity contribution in [3.63, 3.8) is 0 Å². The quantitative estimate of drug-likeness (QED) is 0.628. The number of rotatable bonds is 6. The Kier molecular flexibility index (Phi) is 4.43. The van der Waals surface area contributed by atoms with Crippen molar-refractivity contribution in [2.45, 2.75) is 26.2 Å². The molecule has 0 spiro atoms. The lowest BCUT2D eigenvalue weighted by Crippen LogP contribution is -2.09. The molecule has 2 aromatic rings. The number of nitrogens with zero attached hydrogens (tertiary/aromatic N) is 3. The highest BCUT2D eigenvalue weighted by Gasteiger charge is 2.18. The van der Waals surface area contributed by atoms with Gasteiger partial charge in [0.25, 0.3) is 0 Å². The molecule has 0 aliphatic rings. The summed E-state index contributed by atoms with van der Waals surface area (Å²) >= 11 is 0. The Labute approximate surface area is 123 Å². The lowest BCUT2D eigenvalue weighted by Gasteiger charge is -2.11. The average Bonchev–Trinajstić information content (AvgIpc) is 2.73. The van der Waals surface area contributed by atoms with Crippen LogP contribution in [0.25, 0.3) is 11.0 Å². The van der Waals surface area contributed by atoms with Crippen molar-refractivity contribution >= 4 is 22.7 Å². The SMILES string of the molecule is C#CCCCCNc1c(C(=O)O)cnc2c1c(C)nn2C. The number of carboxylic acids is 1. The molecule has 0 unspecified atom stereocenters. The molecule has 0 bridgehead atoms. The minimum absolute atomic E-state index is 0.163. The molecule has 110 valence electrons. The van der Waals surface area contributed by atoms with E-state index in [0.717, 1.165) is 30.3 Å². The molecule has 0 aliphatic heterocycles. The Morgan fingerprint density at radius 1 is 1.52 bits per heavy atom. The maximum absolute atomic E-state index is 11.4. The van der Waals surface area contributed by atoms with Gasteiger partial charge in [-0.2, -0.15) is 5.10 Å². The summed E-state index contributed by atoms with van der Waals surface area (Å²) in [6.07, 6.45) is 9.10. The number of fused-ring (bicyclic) bond motifs is 1. The normalized spacial score (nSPS) is 10.5. The molecule has 6 heteroatoms. The number of hydrogen-bond acceptors (Lipinski definition) is 4. The Morgan fingerprint density at radius 2 is 2.29 bits per heavy atom. The van der Waals surface area contributed by atoms with E-state index in [1.807, 2.05) is 6.92 Å². The fourth-order valence-corrected chi connectivity index (χ4v) is 2.32. The Bertz CT molecular complexity index is 713. The number of hydrogen-bond donors (Lipinski definition) is 2. The zero-order valence-corrected chi connectivity index (χ0v) is 12.2. The van der Waals surface area contributed by atoms with Crippen LogP contribution in [0.4, 0.5) is 5.69 Å². The minimum Gasteiger partial charge on any atom is -0.478 e. The van der Waals surface area contributed by atoms with Crippen molar-refractivity contribution in [3.8, 4) is 12.3 Å². The number of anilines is 1. The topological polar surface area (TPSA) is 80.0 Å². The molecule has 0 fully saturated rings. The molecule has 6 nitrogen and oxygen atoms in total. The molecule has 0 aliphatic carbocycles. The first-order valence-corrected chi connectivity index (χ1v) is 6.79. The molecule has 21 heavy (non-hydrogen) atoms. The number of unbranched alkanes of at least 4 members (excludes halogenated alkanes) is 2. The van der Waals surface area contributed by atoms with E-state index < -0.39 is 5.97 Å². The summed E-state index contributed by atoms with van der Waals surface area (Å²) in [6.45, 7) is 2.51. The molecule has 0 saturated carbocycles. The Hall–Kier alpha value is -2.55. The molecule has 0 aromatic carbocycles. The van der Waals surface area contributed by atoms with Crippen LogP contribution in [0.5, 0.6) is 0 Å².